The summed E-state index contributed by atoms with van der Waals surface area (Å²) in [6.07, 6.45) is 5.87. The second-order valence-electron chi connectivity index (χ2n) is 7.03. The van der Waals surface area contributed by atoms with Crippen LogP contribution in [0.5, 0.6) is 0 Å². The van der Waals surface area contributed by atoms with E-state index in [0.717, 1.165) is 5.56 Å². The van der Waals surface area contributed by atoms with Gasteiger partial charge in [0.15, 0.2) is 0 Å². The van der Waals surface area contributed by atoms with Crippen LogP contribution >= 0.6 is 46.4 Å². The average Bonchev–Trinajstić information content (AvgIpc) is 2.74. The maximum Gasteiger partial charge on any atom is 0.248 e. The summed E-state index contributed by atoms with van der Waals surface area (Å²) in [5.41, 5.74) is 3.12. The highest BCUT2D eigenvalue weighted by atomic mass is 35.5. The third-order valence-electron chi connectivity index (χ3n) is 4.44. The number of hydrogen-bond donors (Lipinski definition) is 2. The van der Waals surface area contributed by atoms with Crippen LogP contribution in [0, 0.1) is 6.92 Å². The number of aryl methyl sites for hydroxylation is 1. The van der Waals surface area contributed by atoms with Crippen molar-refractivity contribution in [1.29, 1.82) is 0 Å². The summed E-state index contributed by atoms with van der Waals surface area (Å²) in [5.74, 6) is -0.769. The van der Waals surface area contributed by atoms with E-state index >= 15 is 0 Å². The molecule has 2 N–H and O–H groups in total. The van der Waals surface area contributed by atoms with Gasteiger partial charge in [0.2, 0.25) is 11.8 Å². The van der Waals surface area contributed by atoms with Crippen molar-refractivity contribution in [3.63, 3.8) is 0 Å². The van der Waals surface area contributed by atoms with Gasteiger partial charge in [0.05, 0.1) is 11.4 Å². The number of halogens is 4. The van der Waals surface area contributed by atoms with Crippen LogP contribution in [0.1, 0.15) is 16.7 Å². The van der Waals surface area contributed by atoms with E-state index in [0.29, 0.717) is 42.6 Å². The van der Waals surface area contributed by atoms with Gasteiger partial charge in [0.1, 0.15) is 0 Å². The van der Waals surface area contributed by atoms with E-state index in [1.54, 1.807) is 60.7 Å². The second kappa shape index (κ2) is 11.4. The topological polar surface area (TPSA) is 58.2 Å². The molecule has 0 saturated carbocycles. The van der Waals surface area contributed by atoms with Crippen molar-refractivity contribution in [2.75, 3.05) is 10.6 Å². The van der Waals surface area contributed by atoms with Crippen LogP contribution in [-0.2, 0) is 9.59 Å². The van der Waals surface area contributed by atoms with Gasteiger partial charge in [0, 0.05) is 32.2 Å². The molecule has 0 spiro atoms. The van der Waals surface area contributed by atoms with Gasteiger partial charge < -0.3 is 10.6 Å². The van der Waals surface area contributed by atoms with Crippen LogP contribution in [0.2, 0.25) is 20.1 Å². The van der Waals surface area contributed by atoms with E-state index in [1.807, 2.05) is 13.0 Å². The standard InChI is InChI=1S/C25H18Cl4N2O2/c1-15-2-9-22(30-24(32)10-5-16-3-7-18(26)13-20(16)28)23(12-15)31-25(33)11-6-17-4-8-19(27)14-21(17)29/h2-14H,1H3,(H,30,32)(H,31,33). The van der Waals surface area contributed by atoms with Crippen molar-refractivity contribution in [2.45, 2.75) is 6.92 Å². The Morgan fingerprint density at radius 2 is 1.15 bits per heavy atom. The average molecular weight is 520 g/mol. The predicted molar refractivity (Wildman–Crippen MR) is 139 cm³/mol. The molecule has 8 heteroatoms. The minimum Gasteiger partial charge on any atom is -0.321 e. The van der Waals surface area contributed by atoms with Crippen LogP contribution in [0.25, 0.3) is 12.2 Å². The SMILES string of the molecule is Cc1ccc(NC(=O)C=Cc2ccc(Cl)cc2Cl)c(NC(=O)C=Cc2ccc(Cl)cc2Cl)c1. The van der Waals surface area contributed by atoms with Crippen molar-refractivity contribution in [3.05, 3.63) is 104 Å². The number of benzene rings is 3. The lowest BCUT2D eigenvalue weighted by Crippen LogP contribution is -2.14. The third kappa shape index (κ3) is 7.37. The van der Waals surface area contributed by atoms with Gasteiger partial charge in [0.25, 0.3) is 0 Å². The molecule has 0 unspecified atom stereocenters. The molecule has 0 aliphatic heterocycles. The molecule has 3 aromatic carbocycles. The summed E-state index contributed by atoms with van der Waals surface area (Å²) in [4.78, 5) is 24.9. The highest BCUT2D eigenvalue weighted by Gasteiger charge is 2.09. The summed E-state index contributed by atoms with van der Waals surface area (Å²) in [6, 6.07) is 15.3. The fourth-order valence-electron chi connectivity index (χ4n) is 2.82. The van der Waals surface area contributed by atoms with Gasteiger partial charge in [-0.3, -0.25) is 9.59 Å². The Kier molecular flexibility index (Phi) is 8.59. The molecule has 2 amide bonds. The Bertz CT molecular complexity index is 1270. The predicted octanol–water partition coefficient (Wildman–Crippen LogP) is 7.91. The van der Waals surface area contributed by atoms with E-state index in [4.69, 9.17) is 46.4 Å². The first kappa shape index (κ1) is 24.9. The van der Waals surface area contributed by atoms with Gasteiger partial charge in [-0.25, -0.2) is 0 Å². The number of rotatable bonds is 6. The summed E-state index contributed by atoms with van der Waals surface area (Å²) < 4.78 is 0. The summed E-state index contributed by atoms with van der Waals surface area (Å²) in [6.45, 7) is 1.88. The molecule has 0 fully saturated rings. The molecular weight excluding hydrogens is 502 g/mol. The highest BCUT2D eigenvalue weighted by Crippen LogP contribution is 2.25. The van der Waals surface area contributed by atoms with Crippen molar-refractivity contribution < 1.29 is 9.59 Å². The second-order valence-corrected chi connectivity index (χ2v) is 8.71. The highest BCUT2D eigenvalue weighted by molar-refractivity contribution is 6.36. The Hall–Kier alpha value is -2.76. The first-order chi connectivity index (χ1) is 15.7. The zero-order chi connectivity index (χ0) is 24.0. The van der Waals surface area contributed by atoms with Gasteiger partial charge in [-0.05, 0) is 72.2 Å². The maximum atomic E-state index is 12.5. The van der Waals surface area contributed by atoms with E-state index in [9.17, 15) is 9.59 Å². The minimum absolute atomic E-state index is 0.384. The Morgan fingerprint density at radius 3 is 1.64 bits per heavy atom. The zero-order valence-corrected chi connectivity index (χ0v) is 20.4. The number of nitrogens with one attached hydrogen (secondary N) is 2. The quantitative estimate of drug-likeness (QED) is 0.325. The van der Waals surface area contributed by atoms with Crippen molar-refractivity contribution >= 4 is 81.7 Å². The maximum absolute atomic E-state index is 12.5. The smallest absolute Gasteiger partial charge is 0.248 e. The molecule has 0 aliphatic rings. The number of anilines is 2. The molecule has 33 heavy (non-hydrogen) atoms. The molecule has 0 bridgehead atoms. The Morgan fingerprint density at radius 1 is 0.667 bits per heavy atom. The van der Waals surface area contributed by atoms with Crippen LogP contribution in [0.4, 0.5) is 11.4 Å². The number of carbonyl (C=O) groups excluding carboxylic acids is 2. The molecule has 0 heterocycles. The molecule has 0 atom stereocenters. The molecule has 168 valence electrons. The van der Waals surface area contributed by atoms with Gasteiger partial charge in [-0.2, -0.15) is 0 Å². The van der Waals surface area contributed by atoms with Crippen LogP contribution in [0.15, 0.2) is 66.7 Å². The fourth-order valence-corrected chi connectivity index (χ4v) is 3.77. The van der Waals surface area contributed by atoms with Crippen molar-refractivity contribution in [2.24, 2.45) is 0 Å². The lowest BCUT2D eigenvalue weighted by Gasteiger charge is -2.11. The van der Waals surface area contributed by atoms with Crippen LogP contribution in [0.3, 0.4) is 0 Å². The lowest BCUT2D eigenvalue weighted by atomic mass is 10.1. The van der Waals surface area contributed by atoms with Crippen molar-refractivity contribution in [1.82, 2.24) is 0 Å². The molecular formula is C25H18Cl4N2O2. The summed E-state index contributed by atoms with van der Waals surface area (Å²) in [5, 5.41) is 7.42. The van der Waals surface area contributed by atoms with Crippen LogP contribution in [-0.4, -0.2) is 11.8 Å². The van der Waals surface area contributed by atoms with E-state index in [-0.39, 0.29) is 11.8 Å². The molecule has 3 aromatic rings. The minimum atomic E-state index is -0.385. The largest absolute Gasteiger partial charge is 0.321 e. The first-order valence-corrected chi connectivity index (χ1v) is 11.2. The van der Waals surface area contributed by atoms with E-state index in [1.165, 1.54) is 12.2 Å². The lowest BCUT2D eigenvalue weighted by molar-refractivity contribution is -0.112. The molecule has 3 rings (SSSR count). The normalized spacial score (nSPS) is 11.2. The van der Waals surface area contributed by atoms with E-state index in [2.05, 4.69) is 10.6 Å². The van der Waals surface area contributed by atoms with Gasteiger partial charge in [-0.1, -0.05) is 64.6 Å². The van der Waals surface area contributed by atoms with E-state index < -0.39 is 0 Å². The third-order valence-corrected chi connectivity index (χ3v) is 5.57. The number of amides is 2. The molecule has 0 aromatic heterocycles. The number of carbonyl (C=O) groups is 2. The van der Waals surface area contributed by atoms with Crippen molar-refractivity contribution in [3.8, 4) is 0 Å². The van der Waals surface area contributed by atoms with Gasteiger partial charge in [-0.15, -0.1) is 0 Å². The molecule has 0 saturated heterocycles. The molecule has 4 nitrogen and oxygen atoms in total. The Labute approximate surface area is 211 Å². The molecule has 0 radical (unpaired) electrons. The zero-order valence-electron chi connectivity index (χ0n) is 17.3. The number of hydrogen-bond acceptors (Lipinski definition) is 2. The monoisotopic (exact) mass is 518 g/mol. The molecule has 0 aliphatic carbocycles. The fraction of sp³-hybridized carbons (Fsp3) is 0.0400. The summed E-state index contributed by atoms with van der Waals surface area (Å²) >= 11 is 24.0. The van der Waals surface area contributed by atoms with Crippen LogP contribution < -0.4 is 10.6 Å². The Balaban J connectivity index is 1.71. The summed E-state index contributed by atoms with van der Waals surface area (Å²) in [7, 11) is 0. The first-order valence-electron chi connectivity index (χ1n) is 9.70. The van der Waals surface area contributed by atoms with Gasteiger partial charge >= 0.3 is 0 Å².